The average Bonchev–Trinajstić information content (AvgIpc) is 3.41. The number of amides is 1. The molecular weight excluding hydrogens is 1000 g/mol. The van der Waals surface area contributed by atoms with Crippen LogP contribution < -0.4 is 10.2 Å². The third kappa shape index (κ3) is 58.6. The number of likely N-dealkylation sites (N-methyl/N-ethyl adjacent to an activating group) is 1. The number of carbonyl (C=O) groups excluding carboxylic acids is 2. The van der Waals surface area contributed by atoms with Gasteiger partial charge in [-0.1, -0.05) is 251 Å². The van der Waals surface area contributed by atoms with E-state index in [4.69, 9.17) is 13.8 Å². The smallest absolute Gasteiger partial charge is 0.306 e. The van der Waals surface area contributed by atoms with Gasteiger partial charge in [0.05, 0.1) is 33.8 Å². The third-order valence-electron chi connectivity index (χ3n) is 13.1. The van der Waals surface area contributed by atoms with Crippen LogP contribution in [-0.4, -0.2) is 69.4 Å². The summed E-state index contributed by atoms with van der Waals surface area (Å²) in [6.45, 7) is 6.53. The second-order valence-corrected chi connectivity index (χ2v) is 23.2. The first-order valence-corrected chi connectivity index (χ1v) is 33.0. The van der Waals surface area contributed by atoms with Crippen molar-refractivity contribution in [1.82, 2.24) is 5.32 Å². The maximum Gasteiger partial charge on any atom is 0.306 e. The molecule has 1 amide bonds. The molecule has 0 saturated carbocycles. The summed E-state index contributed by atoms with van der Waals surface area (Å²) in [6.07, 6.45) is 81.6. The average molecular weight is 1120 g/mol. The first kappa shape index (κ1) is 75.2. The number of phosphoric acid groups is 1. The quantitative estimate of drug-likeness (QED) is 0.0212. The van der Waals surface area contributed by atoms with Gasteiger partial charge >= 0.3 is 5.97 Å². The molecule has 9 nitrogen and oxygen atoms in total. The number of nitrogens with one attached hydrogen (secondary N) is 1. The monoisotopic (exact) mass is 1120 g/mol. The van der Waals surface area contributed by atoms with Gasteiger partial charge in [0.25, 0.3) is 7.82 Å². The number of hydrogen-bond donors (Lipinski definition) is 1. The van der Waals surface area contributed by atoms with Gasteiger partial charge in [0.1, 0.15) is 19.3 Å². The highest BCUT2D eigenvalue weighted by Crippen LogP contribution is 2.38. The molecule has 0 rings (SSSR count). The Labute approximate surface area is 485 Å². The van der Waals surface area contributed by atoms with Crippen LogP contribution in [0.25, 0.3) is 0 Å². The molecule has 0 aromatic heterocycles. The zero-order valence-corrected chi connectivity index (χ0v) is 52.2. The van der Waals surface area contributed by atoms with Crippen LogP contribution in [0.1, 0.15) is 239 Å². The fraction of sp³-hybridized carbons (Fsp3) is 0.652. The molecule has 450 valence electrons. The van der Waals surface area contributed by atoms with Crippen molar-refractivity contribution in [3.63, 3.8) is 0 Å². The van der Waals surface area contributed by atoms with Crippen LogP contribution in [0.4, 0.5) is 0 Å². The van der Waals surface area contributed by atoms with Crippen molar-refractivity contribution >= 4 is 19.7 Å². The van der Waals surface area contributed by atoms with E-state index in [1.807, 2.05) is 39.4 Å². The Bertz CT molecular complexity index is 1810. The molecule has 0 aliphatic heterocycles. The van der Waals surface area contributed by atoms with Gasteiger partial charge in [-0.05, 0) is 109 Å². The van der Waals surface area contributed by atoms with E-state index in [-0.39, 0.29) is 31.3 Å². The molecule has 0 saturated heterocycles. The number of esters is 1. The molecular formula is C69H117N2O7P. The molecule has 0 aliphatic carbocycles. The van der Waals surface area contributed by atoms with E-state index in [0.717, 1.165) is 109 Å². The van der Waals surface area contributed by atoms with Crippen LogP contribution in [0.3, 0.4) is 0 Å². The predicted molar refractivity (Wildman–Crippen MR) is 339 cm³/mol. The number of phosphoric ester groups is 1. The number of allylic oxidation sites excluding steroid dienone is 21. The van der Waals surface area contributed by atoms with Gasteiger partial charge in [0.2, 0.25) is 5.91 Å². The Balaban J connectivity index is 5.27. The fourth-order valence-corrected chi connectivity index (χ4v) is 9.02. The minimum Gasteiger partial charge on any atom is -0.756 e. The normalized spacial score (nSPS) is 14.6. The highest BCUT2D eigenvalue weighted by molar-refractivity contribution is 7.45. The minimum atomic E-state index is -4.73. The zero-order chi connectivity index (χ0) is 57.9. The molecule has 10 heteroatoms. The molecule has 0 aromatic carbocycles. The Hall–Kier alpha value is -3.85. The molecule has 1 N–H and O–H groups in total. The predicted octanol–water partition coefficient (Wildman–Crippen LogP) is 19.0. The molecule has 0 spiro atoms. The van der Waals surface area contributed by atoms with Gasteiger partial charge in [0, 0.05) is 12.8 Å². The van der Waals surface area contributed by atoms with Crippen molar-refractivity contribution < 1.29 is 37.3 Å². The number of hydrogen-bond acceptors (Lipinski definition) is 7. The van der Waals surface area contributed by atoms with E-state index in [9.17, 15) is 19.0 Å². The molecule has 3 atom stereocenters. The summed E-state index contributed by atoms with van der Waals surface area (Å²) in [5.74, 6) is -0.654. The number of rotatable bonds is 55. The van der Waals surface area contributed by atoms with Crippen molar-refractivity contribution in [3.05, 3.63) is 134 Å². The van der Waals surface area contributed by atoms with E-state index in [2.05, 4.69) is 135 Å². The zero-order valence-electron chi connectivity index (χ0n) is 51.3. The summed E-state index contributed by atoms with van der Waals surface area (Å²) < 4.78 is 30.3. The van der Waals surface area contributed by atoms with Gasteiger partial charge in [-0.15, -0.1) is 0 Å². The number of carbonyl (C=O) groups is 2. The molecule has 0 radical (unpaired) electrons. The van der Waals surface area contributed by atoms with Crippen LogP contribution in [-0.2, 0) is 27.9 Å². The lowest BCUT2D eigenvalue weighted by molar-refractivity contribution is -0.870. The lowest BCUT2D eigenvalue weighted by Gasteiger charge is -2.30. The maximum absolute atomic E-state index is 13.5. The van der Waals surface area contributed by atoms with Crippen molar-refractivity contribution in [1.29, 1.82) is 0 Å². The highest BCUT2D eigenvalue weighted by atomic mass is 31.2. The molecule has 0 aliphatic rings. The summed E-state index contributed by atoms with van der Waals surface area (Å²) in [6, 6.07) is -0.940. The summed E-state index contributed by atoms with van der Waals surface area (Å²) in [5, 5.41) is 2.97. The van der Waals surface area contributed by atoms with Gasteiger partial charge in [0.15, 0.2) is 0 Å². The van der Waals surface area contributed by atoms with Crippen LogP contribution in [0.15, 0.2) is 134 Å². The number of ether oxygens (including phenoxy) is 1. The number of nitrogens with zero attached hydrogens (tertiary/aromatic N) is 1. The van der Waals surface area contributed by atoms with Gasteiger partial charge in [-0.2, -0.15) is 0 Å². The maximum atomic E-state index is 13.5. The summed E-state index contributed by atoms with van der Waals surface area (Å²) in [5.41, 5.74) is 0. The second-order valence-electron chi connectivity index (χ2n) is 21.8. The van der Waals surface area contributed by atoms with E-state index in [1.165, 1.54) is 83.5 Å². The Kier molecular flexibility index (Phi) is 54.6. The lowest BCUT2D eigenvalue weighted by atomic mass is 10.0. The third-order valence-corrected chi connectivity index (χ3v) is 14.1. The Morgan fingerprint density at radius 2 is 0.823 bits per heavy atom. The first-order chi connectivity index (χ1) is 38.4. The van der Waals surface area contributed by atoms with E-state index in [0.29, 0.717) is 23.9 Å². The van der Waals surface area contributed by atoms with E-state index in [1.54, 1.807) is 6.08 Å². The van der Waals surface area contributed by atoms with Gasteiger partial charge in [-0.3, -0.25) is 14.2 Å². The van der Waals surface area contributed by atoms with Crippen molar-refractivity contribution in [2.75, 3.05) is 40.9 Å². The van der Waals surface area contributed by atoms with Crippen molar-refractivity contribution in [3.8, 4) is 0 Å². The molecule has 0 heterocycles. The molecule has 0 bridgehead atoms. The minimum absolute atomic E-state index is 0.0435. The largest absolute Gasteiger partial charge is 0.756 e. The molecule has 0 fully saturated rings. The SMILES string of the molecule is CC/C=C\C/C=C\C/C=C\C/C=C\C/C=C\CCCCCCCCCCCC(=O)OC(/C=C\CCCCCCCCCCCC)C(COP(=O)([O-])OCC[N+](C)(C)C)NC(=O)CC/C=C/C/C=C/C/C=C/C/C=C/C/C=C/CC. The highest BCUT2D eigenvalue weighted by Gasteiger charge is 2.27. The van der Waals surface area contributed by atoms with Crippen molar-refractivity contribution in [2.24, 2.45) is 0 Å². The Morgan fingerprint density at radius 3 is 1.24 bits per heavy atom. The molecule has 79 heavy (non-hydrogen) atoms. The first-order valence-electron chi connectivity index (χ1n) is 31.5. The van der Waals surface area contributed by atoms with Crippen LogP contribution >= 0.6 is 7.82 Å². The summed E-state index contributed by atoms with van der Waals surface area (Å²) in [4.78, 5) is 40.0. The fourth-order valence-electron chi connectivity index (χ4n) is 8.30. The molecule has 3 unspecified atom stereocenters. The van der Waals surface area contributed by atoms with Gasteiger partial charge in [-0.25, -0.2) is 0 Å². The number of quaternary nitrogens is 1. The van der Waals surface area contributed by atoms with Crippen LogP contribution in [0.5, 0.6) is 0 Å². The van der Waals surface area contributed by atoms with Crippen molar-refractivity contribution in [2.45, 2.75) is 251 Å². The van der Waals surface area contributed by atoms with Crippen LogP contribution in [0.2, 0.25) is 0 Å². The molecule has 0 aromatic rings. The topological polar surface area (TPSA) is 114 Å². The number of unbranched alkanes of at least 4 members (excludes halogenated alkanes) is 19. The second kappa shape index (κ2) is 57.4. The standard InChI is InChI=1S/C69H117N2O7P/c1-7-10-13-16-19-22-25-28-30-32-33-34-35-36-37-38-39-40-42-44-47-50-53-56-59-62-69(73)78-67(60-57-54-51-48-45-27-24-21-18-15-12-9-3)66(65-77-79(74,75)76-64-63-71(4,5)6)70-68(72)61-58-55-52-49-46-43-41-31-29-26-23-20-17-14-11-8-2/h10-11,13-14,19-20,22-23,28-31,33-34,36-37,43,46,52,55,57,60,66-67H,7-9,12,15-18,21,24-27,32,35,38-42,44-45,47-51,53-54,56,58-59,61-65H2,1-6H3,(H-,70,72,74,75)/b13-10-,14-11+,22-19-,23-20+,30-28-,31-29+,34-33-,37-36-,46-43+,55-52+,60-57-. The summed E-state index contributed by atoms with van der Waals surface area (Å²) in [7, 11) is 1.12. The van der Waals surface area contributed by atoms with E-state index >= 15 is 0 Å². The lowest BCUT2D eigenvalue weighted by Crippen LogP contribution is -2.47. The summed E-state index contributed by atoms with van der Waals surface area (Å²) >= 11 is 0. The van der Waals surface area contributed by atoms with E-state index < -0.39 is 26.6 Å². The Morgan fingerprint density at radius 1 is 0.456 bits per heavy atom. The van der Waals surface area contributed by atoms with Gasteiger partial charge < -0.3 is 28.5 Å². The van der Waals surface area contributed by atoms with Crippen LogP contribution in [0, 0.1) is 0 Å².